The molecule has 0 aromatic carbocycles. The second-order valence-corrected chi connectivity index (χ2v) is 3.67. The minimum absolute atomic E-state index is 0.450. The van der Waals surface area contributed by atoms with E-state index in [1.165, 1.54) is 12.8 Å². The molecule has 0 bridgehead atoms. The third-order valence-electron chi connectivity index (χ3n) is 2.71. The van der Waals surface area contributed by atoms with Gasteiger partial charge in [-0.1, -0.05) is 0 Å². The Bertz CT molecular complexity index is 295. The topological polar surface area (TPSA) is 68.2 Å². The first-order valence-corrected chi connectivity index (χ1v) is 4.99. The molecule has 1 aliphatic heterocycles. The smallest absolute Gasteiger partial charge is 0.128 e. The van der Waals surface area contributed by atoms with Gasteiger partial charge in [-0.2, -0.15) is 0 Å². The van der Waals surface area contributed by atoms with Gasteiger partial charge in [-0.25, -0.2) is 4.98 Å². The number of anilines is 2. The first-order chi connectivity index (χ1) is 6.81. The molecule has 4 nitrogen and oxygen atoms in total. The number of nitrogens with two attached hydrogens (primary N) is 2. The predicted molar refractivity (Wildman–Crippen MR) is 58.1 cm³/mol. The van der Waals surface area contributed by atoms with Crippen LogP contribution in [0.3, 0.4) is 0 Å². The summed E-state index contributed by atoms with van der Waals surface area (Å²) < 4.78 is 0. The number of pyridine rings is 1. The molecule has 14 heavy (non-hydrogen) atoms. The van der Waals surface area contributed by atoms with Crippen LogP contribution in [-0.2, 0) is 0 Å². The zero-order valence-electron chi connectivity index (χ0n) is 8.19. The molecule has 76 valence electrons. The number of hydrogen-bond donors (Lipinski definition) is 2. The molecule has 0 radical (unpaired) electrons. The van der Waals surface area contributed by atoms with Crippen LogP contribution in [0.1, 0.15) is 12.8 Å². The summed E-state index contributed by atoms with van der Waals surface area (Å²) in [6, 6.07) is 4.29. The van der Waals surface area contributed by atoms with E-state index in [1.807, 2.05) is 12.1 Å². The molecule has 1 saturated heterocycles. The van der Waals surface area contributed by atoms with Crippen molar-refractivity contribution >= 4 is 11.5 Å². The Hall–Kier alpha value is -1.29. The lowest BCUT2D eigenvalue weighted by Crippen LogP contribution is -2.35. The first-order valence-electron chi connectivity index (χ1n) is 4.99. The highest BCUT2D eigenvalue weighted by atomic mass is 15.2. The van der Waals surface area contributed by atoms with Gasteiger partial charge in [-0.05, 0) is 25.0 Å². The van der Waals surface area contributed by atoms with Gasteiger partial charge in [0.15, 0.2) is 0 Å². The normalized spacial score (nSPS) is 21.5. The van der Waals surface area contributed by atoms with Crippen molar-refractivity contribution < 1.29 is 0 Å². The number of nitrogens with zero attached hydrogens (tertiary/aromatic N) is 2. The van der Waals surface area contributed by atoms with Crippen LogP contribution in [0.4, 0.5) is 11.5 Å². The van der Waals surface area contributed by atoms with Crippen molar-refractivity contribution in [1.29, 1.82) is 0 Å². The zero-order chi connectivity index (χ0) is 9.97. The molecule has 1 unspecified atom stereocenters. The zero-order valence-corrected chi connectivity index (χ0v) is 8.19. The Labute approximate surface area is 83.9 Å². The van der Waals surface area contributed by atoms with Gasteiger partial charge in [0.25, 0.3) is 0 Å². The van der Waals surface area contributed by atoms with Crippen LogP contribution in [0.5, 0.6) is 0 Å². The summed E-state index contributed by atoms with van der Waals surface area (Å²) in [6.45, 7) is 1.75. The standard InChI is InChI=1S/C10H16N4/c11-6-9-2-1-5-14(9)10-4-3-8(12)7-13-10/h3-4,7,9H,1-2,5-6,11-12H2. The predicted octanol–water partition coefficient (Wildman–Crippen LogP) is 0.591. The lowest BCUT2D eigenvalue weighted by atomic mass is 10.2. The van der Waals surface area contributed by atoms with Crippen molar-refractivity contribution in [2.75, 3.05) is 23.7 Å². The third-order valence-corrected chi connectivity index (χ3v) is 2.71. The molecule has 1 fully saturated rings. The quantitative estimate of drug-likeness (QED) is 0.719. The van der Waals surface area contributed by atoms with E-state index in [0.717, 1.165) is 12.4 Å². The van der Waals surface area contributed by atoms with Crippen LogP contribution in [0.2, 0.25) is 0 Å². The number of hydrogen-bond acceptors (Lipinski definition) is 4. The Morgan fingerprint density at radius 3 is 3.00 bits per heavy atom. The van der Waals surface area contributed by atoms with Gasteiger partial charge in [0.2, 0.25) is 0 Å². The van der Waals surface area contributed by atoms with Crippen molar-refractivity contribution in [3.8, 4) is 0 Å². The van der Waals surface area contributed by atoms with Crippen LogP contribution in [0.25, 0.3) is 0 Å². The summed E-state index contributed by atoms with van der Waals surface area (Å²) in [5.41, 5.74) is 12.0. The van der Waals surface area contributed by atoms with Crippen LogP contribution < -0.4 is 16.4 Å². The van der Waals surface area contributed by atoms with Crippen LogP contribution >= 0.6 is 0 Å². The molecule has 1 aliphatic rings. The van der Waals surface area contributed by atoms with Crippen molar-refractivity contribution in [1.82, 2.24) is 4.98 Å². The summed E-state index contributed by atoms with van der Waals surface area (Å²) in [4.78, 5) is 6.57. The van der Waals surface area contributed by atoms with Gasteiger partial charge < -0.3 is 16.4 Å². The third kappa shape index (κ3) is 1.65. The number of aromatic nitrogens is 1. The summed E-state index contributed by atoms with van der Waals surface area (Å²) in [7, 11) is 0. The van der Waals surface area contributed by atoms with E-state index < -0.39 is 0 Å². The van der Waals surface area contributed by atoms with Gasteiger partial charge in [-0.3, -0.25) is 0 Å². The maximum atomic E-state index is 5.70. The maximum absolute atomic E-state index is 5.70. The fourth-order valence-corrected chi connectivity index (χ4v) is 1.95. The van der Waals surface area contributed by atoms with E-state index in [0.29, 0.717) is 18.3 Å². The Morgan fingerprint density at radius 1 is 1.50 bits per heavy atom. The summed E-state index contributed by atoms with van der Waals surface area (Å²) in [5.74, 6) is 0.993. The molecule has 1 atom stereocenters. The van der Waals surface area contributed by atoms with E-state index in [9.17, 15) is 0 Å². The second kappa shape index (κ2) is 3.84. The largest absolute Gasteiger partial charge is 0.397 e. The highest BCUT2D eigenvalue weighted by Crippen LogP contribution is 2.23. The van der Waals surface area contributed by atoms with Crippen molar-refractivity contribution in [3.05, 3.63) is 18.3 Å². The molecule has 0 amide bonds. The molecule has 2 heterocycles. The lowest BCUT2D eigenvalue weighted by Gasteiger charge is -2.24. The summed E-state index contributed by atoms with van der Waals surface area (Å²) >= 11 is 0. The maximum Gasteiger partial charge on any atom is 0.128 e. The molecule has 0 aliphatic carbocycles. The van der Waals surface area contributed by atoms with Gasteiger partial charge in [0, 0.05) is 19.1 Å². The minimum atomic E-state index is 0.450. The van der Waals surface area contributed by atoms with Gasteiger partial charge in [-0.15, -0.1) is 0 Å². The first kappa shape index (κ1) is 9.27. The highest BCUT2D eigenvalue weighted by Gasteiger charge is 2.23. The Balaban J connectivity index is 2.17. The highest BCUT2D eigenvalue weighted by molar-refractivity contribution is 5.47. The molecule has 1 aromatic rings. The Kier molecular flexibility index (Phi) is 2.54. The van der Waals surface area contributed by atoms with E-state index in [4.69, 9.17) is 11.5 Å². The number of nitrogen functional groups attached to an aromatic ring is 1. The second-order valence-electron chi connectivity index (χ2n) is 3.67. The van der Waals surface area contributed by atoms with Crippen molar-refractivity contribution in [2.45, 2.75) is 18.9 Å². The molecule has 4 heteroatoms. The molecule has 4 N–H and O–H groups in total. The molecule has 1 aromatic heterocycles. The van der Waals surface area contributed by atoms with Crippen LogP contribution in [0.15, 0.2) is 18.3 Å². The molecule has 0 spiro atoms. The molecular weight excluding hydrogens is 176 g/mol. The monoisotopic (exact) mass is 192 g/mol. The van der Waals surface area contributed by atoms with Gasteiger partial charge in [0.1, 0.15) is 5.82 Å². The average Bonchev–Trinajstić information content (AvgIpc) is 2.67. The van der Waals surface area contributed by atoms with E-state index in [2.05, 4.69) is 9.88 Å². The summed E-state index contributed by atoms with van der Waals surface area (Å²) in [6.07, 6.45) is 4.07. The molecule has 0 saturated carbocycles. The fourth-order valence-electron chi connectivity index (χ4n) is 1.95. The van der Waals surface area contributed by atoms with Gasteiger partial charge in [0.05, 0.1) is 11.9 Å². The van der Waals surface area contributed by atoms with Gasteiger partial charge >= 0.3 is 0 Å². The molecular formula is C10H16N4. The van der Waals surface area contributed by atoms with Crippen molar-refractivity contribution in [2.24, 2.45) is 5.73 Å². The van der Waals surface area contributed by atoms with E-state index in [-0.39, 0.29) is 0 Å². The average molecular weight is 192 g/mol. The fraction of sp³-hybridized carbons (Fsp3) is 0.500. The van der Waals surface area contributed by atoms with E-state index >= 15 is 0 Å². The van der Waals surface area contributed by atoms with Crippen LogP contribution in [0, 0.1) is 0 Å². The van der Waals surface area contributed by atoms with Crippen molar-refractivity contribution in [3.63, 3.8) is 0 Å². The lowest BCUT2D eigenvalue weighted by molar-refractivity contribution is 0.671. The summed E-state index contributed by atoms with van der Waals surface area (Å²) in [5, 5.41) is 0. The minimum Gasteiger partial charge on any atom is -0.397 e. The SMILES string of the molecule is NCC1CCCN1c1ccc(N)cn1. The molecule has 2 rings (SSSR count). The Morgan fingerprint density at radius 2 is 2.36 bits per heavy atom. The number of rotatable bonds is 2. The van der Waals surface area contributed by atoms with E-state index in [1.54, 1.807) is 6.20 Å². The van der Waals surface area contributed by atoms with Crippen LogP contribution in [-0.4, -0.2) is 24.1 Å².